The number of hydrogen-bond donors (Lipinski definition) is 0. The molecule has 0 amide bonds. The molecule has 0 N–H and O–H groups in total. The molecule has 0 saturated heterocycles. The summed E-state index contributed by atoms with van der Waals surface area (Å²) in [4.78, 5) is 27.1. The molecule has 2 unspecified atom stereocenters. The Kier molecular flexibility index (Phi) is 13.5. The largest absolute Gasteiger partial charge is 0.430 e. The van der Waals surface area contributed by atoms with Gasteiger partial charge in [-0.25, -0.2) is 9.59 Å². The van der Waals surface area contributed by atoms with Gasteiger partial charge < -0.3 is 28.4 Å². The van der Waals surface area contributed by atoms with Crippen LogP contribution in [0, 0.1) is 0 Å². The monoisotopic (exact) mass is 646 g/mol. The molecule has 0 heterocycles. The fourth-order valence-corrected chi connectivity index (χ4v) is 4.66. The Morgan fingerprint density at radius 3 is 1.02 bits per heavy atom. The molecule has 0 radical (unpaired) electrons. The molecule has 0 bridgehead atoms. The lowest BCUT2D eigenvalue weighted by Gasteiger charge is -2.21. The molecule has 0 aliphatic carbocycles. The molecule has 246 valence electrons. The van der Waals surface area contributed by atoms with Crippen molar-refractivity contribution in [2.75, 3.05) is 13.2 Å². The van der Waals surface area contributed by atoms with Crippen LogP contribution < -0.4 is 0 Å². The first-order chi connectivity index (χ1) is 23.6. The molecule has 48 heavy (non-hydrogen) atoms. The summed E-state index contributed by atoms with van der Waals surface area (Å²) in [6.45, 7) is 0.968. The summed E-state index contributed by atoms with van der Waals surface area (Å²) in [5.74, 6) is -1.52. The van der Waals surface area contributed by atoms with Crippen LogP contribution in [-0.2, 0) is 54.8 Å². The van der Waals surface area contributed by atoms with Gasteiger partial charge in [0.05, 0.1) is 37.6 Å². The van der Waals surface area contributed by atoms with E-state index in [2.05, 4.69) is 0 Å². The smallest absolute Gasteiger partial charge is 0.341 e. The second-order valence-electron chi connectivity index (χ2n) is 10.8. The van der Waals surface area contributed by atoms with Gasteiger partial charge in [0.2, 0.25) is 12.6 Å². The Hall–Kier alpha value is -5.12. The average molecular weight is 647 g/mol. The number of carbonyl (C=O) groups is 2. The maximum absolute atomic E-state index is 13.5. The van der Waals surface area contributed by atoms with Crippen molar-refractivity contribution in [3.05, 3.63) is 179 Å². The van der Waals surface area contributed by atoms with Gasteiger partial charge in [0, 0.05) is 0 Å². The molecule has 0 spiro atoms. The Morgan fingerprint density at radius 1 is 0.396 bits per heavy atom. The zero-order valence-corrected chi connectivity index (χ0v) is 26.5. The average Bonchev–Trinajstić information content (AvgIpc) is 3.14. The molecule has 0 aromatic heterocycles. The zero-order chi connectivity index (χ0) is 33.2. The first-order valence-electron chi connectivity index (χ1n) is 15.7. The standard InChI is InChI=1S/C40H38O8/c41-39(47-37(45-27-33-19-9-3-10-20-33)29-43-25-31-15-5-1-6-16-31)35-23-13-14-24-36(35)40(42)48-38(46-28-34-21-11-4-12-22-34)30-44-26-32-17-7-2-8-18-32/h1-24,37-38H,25-30H2. The number of esters is 2. The van der Waals surface area contributed by atoms with E-state index in [0.717, 1.165) is 22.3 Å². The highest BCUT2D eigenvalue weighted by Crippen LogP contribution is 2.17. The third-order valence-electron chi connectivity index (χ3n) is 7.13. The lowest BCUT2D eigenvalue weighted by Crippen LogP contribution is -2.29. The van der Waals surface area contributed by atoms with E-state index in [-0.39, 0.29) is 37.6 Å². The second-order valence-corrected chi connectivity index (χ2v) is 10.8. The van der Waals surface area contributed by atoms with Crippen molar-refractivity contribution in [1.29, 1.82) is 0 Å². The van der Waals surface area contributed by atoms with Crippen molar-refractivity contribution in [3.8, 4) is 0 Å². The highest BCUT2D eigenvalue weighted by atomic mass is 16.7. The molecule has 8 heteroatoms. The summed E-state index contributed by atoms with van der Waals surface area (Å²) in [6, 6.07) is 44.7. The van der Waals surface area contributed by atoms with E-state index in [9.17, 15) is 9.59 Å². The Labute approximate surface area is 280 Å². The number of rotatable bonds is 18. The van der Waals surface area contributed by atoms with Gasteiger partial charge in [-0.15, -0.1) is 0 Å². The first-order valence-corrected chi connectivity index (χ1v) is 15.7. The molecule has 0 aliphatic heterocycles. The topological polar surface area (TPSA) is 89.5 Å². The molecular weight excluding hydrogens is 608 g/mol. The third kappa shape index (κ3) is 11.3. The van der Waals surface area contributed by atoms with Crippen LogP contribution in [0.4, 0.5) is 0 Å². The Morgan fingerprint density at radius 2 is 0.688 bits per heavy atom. The minimum absolute atomic E-state index is 0.0193. The van der Waals surface area contributed by atoms with Crippen molar-refractivity contribution < 1.29 is 38.0 Å². The van der Waals surface area contributed by atoms with Gasteiger partial charge in [-0.2, -0.15) is 0 Å². The lowest BCUT2D eigenvalue weighted by molar-refractivity contribution is -0.153. The number of carbonyl (C=O) groups excluding carboxylic acids is 2. The molecule has 5 aromatic rings. The normalized spacial score (nSPS) is 12.2. The Balaban J connectivity index is 1.25. The van der Waals surface area contributed by atoms with E-state index in [1.165, 1.54) is 12.1 Å². The summed E-state index contributed by atoms with van der Waals surface area (Å²) >= 11 is 0. The summed E-state index contributed by atoms with van der Waals surface area (Å²) in [5, 5.41) is 0. The maximum atomic E-state index is 13.5. The van der Waals surface area contributed by atoms with E-state index in [1.807, 2.05) is 121 Å². The summed E-state index contributed by atoms with van der Waals surface area (Å²) in [6.07, 6.45) is -2.09. The van der Waals surface area contributed by atoms with Crippen LogP contribution in [0.3, 0.4) is 0 Å². The quantitative estimate of drug-likeness (QED) is 0.0714. The van der Waals surface area contributed by atoms with Gasteiger partial charge in [0.1, 0.15) is 13.2 Å². The number of ether oxygens (including phenoxy) is 6. The number of hydrogen-bond acceptors (Lipinski definition) is 8. The molecule has 0 saturated carbocycles. The first kappa shape index (κ1) is 34.2. The minimum Gasteiger partial charge on any atom is -0.430 e. The molecule has 2 atom stereocenters. The molecule has 8 nitrogen and oxygen atoms in total. The minimum atomic E-state index is -1.04. The van der Waals surface area contributed by atoms with Crippen molar-refractivity contribution >= 4 is 11.9 Å². The van der Waals surface area contributed by atoms with Gasteiger partial charge >= 0.3 is 11.9 Å². The van der Waals surface area contributed by atoms with Crippen LogP contribution in [0.1, 0.15) is 43.0 Å². The third-order valence-corrected chi connectivity index (χ3v) is 7.13. The van der Waals surface area contributed by atoms with E-state index >= 15 is 0 Å². The van der Waals surface area contributed by atoms with Crippen LogP contribution in [0.25, 0.3) is 0 Å². The summed E-state index contributed by atoms with van der Waals surface area (Å²) in [7, 11) is 0. The molecule has 5 rings (SSSR count). The van der Waals surface area contributed by atoms with Crippen molar-refractivity contribution in [2.24, 2.45) is 0 Å². The molecule has 0 fully saturated rings. The Bertz CT molecular complexity index is 1540. The van der Waals surface area contributed by atoms with Crippen LogP contribution in [0.2, 0.25) is 0 Å². The maximum Gasteiger partial charge on any atom is 0.341 e. The highest BCUT2D eigenvalue weighted by molar-refractivity contribution is 6.03. The van der Waals surface area contributed by atoms with Crippen LogP contribution in [0.15, 0.2) is 146 Å². The van der Waals surface area contributed by atoms with E-state index in [1.54, 1.807) is 12.1 Å². The van der Waals surface area contributed by atoms with Crippen LogP contribution >= 0.6 is 0 Å². The van der Waals surface area contributed by atoms with Crippen molar-refractivity contribution in [1.82, 2.24) is 0 Å². The van der Waals surface area contributed by atoms with E-state index < -0.39 is 24.5 Å². The molecule has 0 aliphatic rings. The fourth-order valence-electron chi connectivity index (χ4n) is 4.66. The van der Waals surface area contributed by atoms with Gasteiger partial charge in [0.15, 0.2) is 0 Å². The molecular formula is C40H38O8. The predicted molar refractivity (Wildman–Crippen MR) is 180 cm³/mol. The zero-order valence-electron chi connectivity index (χ0n) is 26.5. The van der Waals surface area contributed by atoms with Gasteiger partial charge in [-0.3, -0.25) is 0 Å². The van der Waals surface area contributed by atoms with Crippen LogP contribution in [-0.4, -0.2) is 37.7 Å². The van der Waals surface area contributed by atoms with Crippen molar-refractivity contribution in [2.45, 2.75) is 39.0 Å². The van der Waals surface area contributed by atoms with E-state index in [4.69, 9.17) is 28.4 Å². The van der Waals surface area contributed by atoms with Gasteiger partial charge in [-0.1, -0.05) is 133 Å². The highest BCUT2D eigenvalue weighted by Gasteiger charge is 2.25. The lowest BCUT2D eigenvalue weighted by atomic mass is 10.1. The van der Waals surface area contributed by atoms with E-state index in [0.29, 0.717) is 13.2 Å². The van der Waals surface area contributed by atoms with Gasteiger partial charge in [-0.05, 0) is 34.4 Å². The number of benzene rings is 5. The summed E-state index contributed by atoms with van der Waals surface area (Å²) in [5.41, 5.74) is 3.78. The van der Waals surface area contributed by atoms with Crippen LogP contribution in [0.5, 0.6) is 0 Å². The predicted octanol–water partition coefficient (Wildman–Crippen LogP) is 7.52. The second kappa shape index (κ2) is 18.9. The SMILES string of the molecule is O=C(OC(COCc1ccccc1)OCc1ccccc1)c1ccccc1C(=O)OC(COCc1ccccc1)OCc1ccccc1. The summed E-state index contributed by atoms with van der Waals surface area (Å²) < 4.78 is 35.1. The molecule has 5 aromatic carbocycles. The fraction of sp³-hybridized carbons (Fsp3) is 0.200. The van der Waals surface area contributed by atoms with Crippen molar-refractivity contribution in [3.63, 3.8) is 0 Å². The van der Waals surface area contributed by atoms with Gasteiger partial charge in [0.25, 0.3) is 0 Å².